The Morgan fingerprint density at radius 1 is 0.492 bits per heavy atom. The van der Waals surface area contributed by atoms with Gasteiger partial charge in [0.15, 0.2) is 0 Å². The normalized spacial score (nSPS) is 34.5. The number of allylic oxidation sites excluding steroid dienone is 16. The van der Waals surface area contributed by atoms with Crippen LogP contribution in [0.1, 0.15) is 68.7 Å². The summed E-state index contributed by atoms with van der Waals surface area (Å²) in [5.74, 6) is 0.554. The largest absolute Gasteiger partial charge is 1.00 e. The minimum atomic E-state index is -2.22. The van der Waals surface area contributed by atoms with Crippen LogP contribution in [-0.4, -0.2) is 3.71 Å². The van der Waals surface area contributed by atoms with Gasteiger partial charge < -0.3 is 24.8 Å². The predicted octanol–water partition coefficient (Wildman–Crippen LogP) is 10.2. The molecule has 0 radical (unpaired) electrons. The SMILES string of the molecule is C/[CH]=[Zr+2](\[C]1=CC=CC1)[CH]1C2C=CC=C(C)C2(C)C2(C)C3(C)C=CC=CC3(C)C3(C)C=CC=CC3(C)C12C.[Cl-].[Cl-].c1ccc(-c2ccccc2)cc1.c1ccc(-c2ccccc2)cc1. The Bertz CT molecular complexity index is 2380. The van der Waals surface area contributed by atoms with Gasteiger partial charge in [-0.15, -0.1) is 0 Å². The molecule has 4 aromatic carbocycles. The average molecular weight is 949 g/mol. The maximum absolute atomic E-state index is 2.77. The molecule has 0 aliphatic heterocycles. The molecule has 9 unspecified atom stereocenters. The van der Waals surface area contributed by atoms with Crippen molar-refractivity contribution in [1.29, 1.82) is 0 Å². The molecule has 6 aliphatic carbocycles. The summed E-state index contributed by atoms with van der Waals surface area (Å²) >= 11 is -2.22. The van der Waals surface area contributed by atoms with Crippen molar-refractivity contribution in [2.24, 2.45) is 43.8 Å². The van der Waals surface area contributed by atoms with Crippen LogP contribution in [0.15, 0.2) is 215 Å². The van der Waals surface area contributed by atoms with E-state index in [0.717, 1.165) is 0 Å². The van der Waals surface area contributed by atoms with E-state index < -0.39 is 21.3 Å². The number of halogens is 2. The van der Waals surface area contributed by atoms with Gasteiger partial charge in [0.1, 0.15) is 0 Å². The number of benzene rings is 4. The Hall–Kier alpha value is -3.87. The van der Waals surface area contributed by atoms with Gasteiger partial charge in [0.2, 0.25) is 0 Å². The van der Waals surface area contributed by atoms with Gasteiger partial charge in [-0.3, -0.25) is 0 Å². The van der Waals surface area contributed by atoms with Gasteiger partial charge in [-0.05, 0) is 22.3 Å². The molecule has 63 heavy (non-hydrogen) atoms. The average Bonchev–Trinajstić information content (AvgIpc) is 3.89. The third kappa shape index (κ3) is 6.97. The molecule has 0 spiro atoms. The van der Waals surface area contributed by atoms with Crippen LogP contribution in [0.2, 0.25) is 3.63 Å². The maximum Gasteiger partial charge on any atom is -0.0184 e. The number of hydrogen-bond donors (Lipinski definition) is 0. The minimum Gasteiger partial charge on any atom is -1.00 e. The molecule has 4 aromatic rings. The van der Waals surface area contributed by atoms with Crippen molar-refractivity contribution >= 4 is 3.71 Å². The number of hydrogen-bond acceptors (Lipinski definition) is 0. The second-order valence-electron chi connectivity index (χ2n) is 19.5. The van der Waals surface area contributed by atoms with Crippen LogP contribution in [0, 0.1) is 43.8 Å². The maximum atomic E-state index is 2.77. The fraction of sp³-hybridized carbons (Fsp3) is 0.317. The molecule has 0 heterocycles. The first-order valence-corrected chi connectivity index (χ1v) is 26.7. The second kappa shape index (κ2) is 18.6. The molecular weight excluding hydrogens is 883 g/mol. The van der Waals surface area contributed by atoms with E-state index in [0.29, 0.717) is 9.54 Å². The molecule has 2 saturated carbocycles. The summed E-state index contributed by atoms with van der Waals surface area (Å²) in [4.78, 5) is 0. The molecule has 0 amide bonds. The van der Waals surface area contributed by atoms with Gasteiger partial charge >= 0.3 is 235 Å². The Labute approximate surface area is 400 Å². The fourth-order valence-electron chi connectivity index (χ4n) is 14.0. The Morgan fingerprint density at radius 2 is 0.889 bits per heavy atom. The van der Waals surface area contributed by atoms with Crippen molar-refractivity contribution in [3.05, 3.63) is 215 Å². The zero-order chi connectivity index (χ0) is 43.2. The molecule has 0 bridgehead atoms. The van der Waals surface area contributed by atoms with E-state index in [4.69, 9.17) is 0 Å². The van der Waals surface area contributed by atoms with Crippen LogP contribution in [0.3, 0.4) is 0 Å². The summed E-state index contributed by atoms with van der Waals surface area (Å²) in [7, 11) is 0. The topological polar surface area (TPSA) is 0 Å². The first-order chi connectivity index (χ1) is 29.3. The van der Waals surface area contributed by atoms with Crippen LogP contribution in [0.5, 0.6) is 0 Å². The van der Waals surface area contributed by atoms with Crippen molar-refractivity contribution in [2.45, 2.75) is 72.4 Å². The molecular formula is C60H66Cl2Zr. The van der Waals surface area contributed by atoms with Crippen LogP contribution < -0.4 is 24.8 Å². The zero-order valence-electron chi connectivity index (χ0n) is 38.8. The smallest absolute Gasteiger partial charge is 0.0184 e. The van der Waals surface area contributed by atoms with Crippen LogP contribution in [0.25, 0.3) is 22.3 Å². The molecule has 10 rings (SSSR count). The van der Waals surface area contributed by atoms with Crippen molar-refractivity contribution in [2.75, 3.05) is 0 Å². The quantitative estimate of drug-likeness (QED) is 0.191. The van der Waals surface area contributed by atoms with Gasteiger partial charge in [0.05, 0.1) is 0 Å². The summed E-state index contributed by atoms with van der Waals surface area (Å²) in [5.41, 5.74) is 6.86. The standard InChI is InChI=1S/C29H37.2C12H10.C5H5.C2H4.2ClH.Zr/c1-21-14-13-15-22-20-27(6)25(4)18-10-9-16-23(25,2)24(3)17-11-12-19-26(24,5)29(27,8)28(21,22)7;2*1-3-7-11(8-4-1)12-9-5-2-6-10-12;1-2-4-5-3-1;1-2;;;/h9-20,22H,1-8H3;2*1-10H;1-3H,4H2;1H,2H3;2*1H;/q;;;;;;;+2/p-2. The van der Waals surface area contributed by atoms with Crippen LogP contribution in [-0.2, 0) is 21.3 Å². The van der Waals surface area contributed by atoms with Crippen molar-refractivity contribution < 1.29 is 46.1 Å². The molecule has 0 N–H and O–H groups in total. The van der Waals surface area contributed by atoms with E-state index in [1.807, 2.05) is 24.3 Å². The minimum absolute atomic E-state index is 0. The summed E-state index contributed by atoms with van der Waals surface area (Å²) in [6.07, 6.45) is 35.9. The summed E-state index contributed by atoms with van der Waals surface area (Å²) in [5, 5.41) is 0. The Balaban J connectivity index is 0.000000206. The molecule has 324 valence electrons. The molecule has 9 atom stereocenters. The summed E-state index contributed by atoms with van der Waals surface area (Å²) < 4.78 is 5.23. The monoisotopic (exact) mass is 946 g/mol. The summed E-state index contributed by atoms with van der Waals surface area (Å²) in [6, 6.07) is 41.6. The van der Waals surface area contributed by atoms with E-state index in [2.05, 4.69) is 248 Å². The van der Waals surface area contributed by atoms with Crippen LogP contribution >= 0.6 is 0 Å². The predicted molar refractivity (Wildman–Crippen MR) is 261 cm³/mol. The van der Waals surface area contributed by atoms with Gasteiger partial charge in [-0.1, -0.05) is 121 Å². The first-order valence-electron chi connectivity index (χ1n) is 22.6. The Morgan fingerprint density at radius 3 is 1.29 bits per heavy atom. The summed E-state index contributed by atoms with van der Waals surface area (Å²) in [6.45, 7) is 23.6. The van der Waals surface area contributed by atoms with Crippen LogP contribution in [0.4, 0.5) is 0 Å². The third-order valence-corrected chi connectivity index (χ3v) is 26.3. The first kappa shape index (κ1) is 48.6. The number of fused-ring (bicyclic) bond motifs is 8. The van der Waals surface area contributed by atoms with E-state index >= 15 is 0 Å². The van der Waals surface area contributed by atoms with E-state index in [9.17, 15) is 0 Å². The van der Waals surface area contributed by atoms with E-state index in [1.165, 1.54) is 28.7 Å². The van der Waals surface area contributed by atoms with Gasteiger partial charge in [0.25, 0.3) is 0 Å². The molecule has 0 aromatic heterocycles. The molecule has 6 aliphatic rings. The molecule has 2 fully saturated rings. The van der Waals surface area contributed by atoms with Crippen molar-refractivity contribution in [3.8, 4) is 22.3 Å². The van der Waals surface area contributed by atoms with Gasteiger partial charge in [-0.2, -0.15) is 0 Å². The zero-order valence-corrected chi connectivity index (χ0v) is 42.8. The Kier molecular flexibility index (Phi) is 14.3. The molecule has 0 saturated heterocycles. The van der Waals surface area contributed by atoms with E-state index in [-0.39, 0.29) is 62.7 Å². The van der Waals surface area contributed by atoms with Crippen molar-refractivity contribution in [3.63, 3.8) is 0 Å². The number of rotatable bonds is 4. The molecule has 3 heteroatoms. The molecule has 0 nitrogen and oxygen atoms in total. The van der Waals surface area contributed by atoms with E-state index in [1.54, 1.807) is 8.85 Å². The third-order valence-electron chi connectivity index (χ3n) is 18.1. The van der Waals surface area contributed by atoms with Gasteiger partial charge in [0, 0.05) is 0 Å². The van der Waals surface area contributed by atoms with Crippen molar-refractivity contribution in [1.82, 2.24) is 0 Å². The van der Waals surface area contributed by atoms with Gasteiger partial charge in [-0.25, -0.2) is 0 Å². The fourth-order valence-corrected chi connectivity index (χ4v) is 23.4. The second-order valence-corrected chi connectivity index (χ2v) is 26.3.